The molecule has 0 aromatic heterocycles. The van der Waals surface area contributed by atoms with Crippen LogP contribution in [0.4, 0.5) is 26.3 Å². The number of amides is 2. The largest absolute Gasteiger partial charge is 0.508 e. The van der Waals surface area contributed by atoms with Crippen LogP contribution in [0.1, 0.15) is 166 Å². The van der Waals surface area contributed by atoms with Gasteiger partial charge in [0, 0.05) is 13.1 Å². The second-order valence-electron chi connectivity index (χ2n) is 21.4. The Hall–Kier alpha value is -4.58. The van der Waals surface area contributed by atoms with Gasteiger partial charge in [-0.2, -0.15) is 26.3 Å². The average molecular weight is 1030 g/mol. The molecule has 2 saturated carbocycles. The number of aliphatic carboxylic acids is 2. The van der Waals surface area contributed by atoms with Crippen LogP contribution in [0.3, 0.4) is 0 Å². The first kappa shape index (κ1) is 60.0. The number of aryl methyl sites for hydroxylation is 2. The lowest BCUT2D eigenvalue weighted by Gasteiger charge is -2.54. The van der Waals surface area contributed by atoms with Gasteiger partial charge in [-0.15, -0.1) is 0 Å². The van der Waals surface area contributed by atoms with Gasteiger partial charge in [-0.1, -0.05) is 91.2 Å². The standard InChI is InChI=1S/C50H78N4O4.2C2HF3O2/c1-47-25-13-27-49(3,43(47)23-19-37-17-21-39(55)35-41(37)47)45(57)53-33-15-31-51-29-11-9-7-5-6-8-10-12-30-52-32-16-34-54-46(58)50(4)28-14-26-48(2)42-36-40(56)22-18-38(42)20-24-44(48)50;2*3-2(4,5)1(6)7/h17-18,21-22,35-36,43-44,51-52,55-56H,5-16,19-20,23-34H2,1-4H3,(H,53,57)(H,54,58);2*(H,6,7)/t43-,44-,47-,48-,49+,50+;;/m1../s1. The summed E-state index contributed by atoms with van der Waals surface area (Å²) >= 11 is 0. The van der Waals surface area contributed by atoms with Crippen molar-refractivity contribution in [1.82, 2.24) is 21.3 Å². The van der Waals surface area contributed by atoms with Gasteiger partial charge in [0.2, 0.25) is 11.8 Å². The van der Waals surface area contributed by atoms with Crippen molar-refractivity contribution >= 4 is 23.8 Å². The molecular weight excluding hydrogens is 947 g/mol. The maximum Gasteiger partial charge on any atom is 0.490 e. The van der Waals surface area contributed by atoms with Crippen LogP contribution in [0.2, 0.25) is 0 Å². The lowest BCUT2D eigenvalue weighted by molar-refractivity contribution is -0.193. The summed E-state index contributed by atoms with van der Waals surface area (Å²) in [7, 11) is 0. The van der Waals surface area contributed by atoms with E-state index in [0.717, 1.165) is 116 Å². The molecule has 2 aromatic rings. The van der Waals surface area contributed by atoms with Gasteiger partial charge in [0.05, 0.1) is 10.8 Å². The zero-order chi connectivity index (χ0) is 53.4. The highest BCUT2D eigenvalue weighted by molar-refractivity contribution is 5.84. The van der Waals surface area contributed by atoms with Crippen LogP contribution in [0.15, 0.2) is 36.4 Å². The van der Waals surface area contributed by atoms with E-state index in [0.29, 0.717) is 23.3 Å². The van der Waals surface area contributed by atoms with Crippen LogP contribution in [-0.4, -0.2) is 95.8 Å². The molecule has 0 spiro atoms. The van der Waals surface area contributed by atoms with Crippen LogP contribution >= 0.6 is 0 Å². The lowest BCUT2D eigenvalue weighted by Crippen LogP contribution is -2.55. The predicted octanol–water partition coefficient (Wildman–Crippen LogP) is 10.4. The summed E-state index contributed by atoms with van der Waals surface area (Å²) in [4.78, 5) is 45.0. The molecule has 406 valence electrons. The Bertz CT molecular complexity index is 1960. The van der Waals surface area contributed by atoms with Gasteiger partial charge in [-0.05, 0) is 172 Å². The van der Waals surface area contributed by atoms with Crippen molar-refractivity contribution in [1.29, 1.82) is 0 Å². The zero-order valence-electron chi connectivity index (χ0n) is 42.7. The maximum atomic E-state index is 13.6. The fraction of sp³-hybridized carbons (Fsp3) is 0.704. The van der Waals surface area contributed by atoms with Crippen molar-refractivity contribution < 1.29 is 65.9 Å². The fourth-order valence-corrected chi connectivity index (χ4v) is 12.5. The number of alkyl halides is 6. The van der Waals surface area contributed by atoms with Crippen molar-refractivity contribution in [2.75, 3.05) is 39.3 Å². The zero-order valence-corrected chi connectivity index (χ0v) is 42.7. The van der Waals surface area contributed by atoms with Gasteiger partial charge >= 0.3 is 24.3 Å². The van der Waals surface area contributed by atoms with Crippen molar-refractivity contribution in [3.05, 3.63) is 58.7 Å². The third kappa shape index (κ3) is 16.0. The quantitative estimate of drug-likeness (QED) is 0.0440. The number of aromatic hydroxyl groups is 2. The molecule has 4 aliphatic rings. The normalized spacial score (nSPS) is 25.4. The lowest BCUT2D eigenvalue weighted by atomic mass is 9.49. The second kappa shape index (κ2) is 26.6. The number of fused-ring (bicyclic) bond motifs is 6. The molecule has 2 amide bonds. The number of carboxylic acid groups (broad SMARTS) is 2. The minimum absolute atomic E-state index is 0.0601. The molecule has 0 saturated heterocycles. The molecule has 8 N–H and O–H groups in total. The van der Waals surface area contributed by atoms with Crippen LogP contribution in [-0.2, 0) is 42.8 Å². The molecule has 18 heteroatoms. The van der Waals surface area contributed by atoms with Gasteiger partial charge in [-0.3, -0.25) is 9.59 Å². The summed E-state index contributed by atoms with van der Waals surface area (Å²) in [5.41, 5.74) is 4.35. The Kier molecular flexibility index (Phi) is 22.1. The topological polar surface area (TPSA) is 197 Å². The highest BCUT2D eigenvalue weighted by Crippen LogP contribution is 2.59. The summed E-state index contributed by atoms with van der Waals surface area (Å²) in [6.07, 6.45) is 12.1. The molecule has 0 aliphatic heterocycles. The third-order valence-electron chi connectivity index (χ3n) is 16.3. The Labute approximate surface area is 421 Å². The van der Waals surface area contributed by atoms with Crippen molar-refractivity contribution in [3.63, 3.8) is 0 Å². The third-order valence-corrected chi connectivity index (χ3v) is 16.3. The first-order valence-corrected chi connectivity index (χ1v) is 26.0. The first-order chi connectivity index (χ1) is 33.8. The average Bonchev–Trinajstić information content (AvgIpc) is 3.30. The Balaban J connectivity index is 0.000000703. The summed E-state index contributed by atoms with van der Waals surface area (Å²) in [5, 5.41) is 48.5. The summed E-state index contributed by atoms with van der Waals surface area (Å²) in [6.45, 7) is 14.5. The van der Waals surface area contributed by atoms with E-state index < -0.39 is 24.3 Å². The molecule has 12 nitrogen and oxygen atoms in total. The van der Waals surface area contributed by atoms with E-state index >= 15 is 0 Å². The summed E-state index contributed by atoms with van der Waals surface area (Å²) in [5.74, 6) is -3.82. The number of phenols is 2. The van der Waals surface area contributed by atoms with Crippen LogP contribution in [0, 0.1) is 22.7 Å². The van der Waals surface area contributed by atoms with Crippen LogP contribution in [0.25, 0.3) is 0 Å². The van der Waals surface area contributed by atoms with E-state index in [1.807, 2.05) is 12.1 Å². The van der Waals surface area contributed by atoms with Gasteiger partial charge in [-0.25, -0.2) is 9.59 Å². The number of carbonyl (C=O) groups excluding carboxylic acids is 2. The molecular formula is C54H80F6N4O8. The smallest absolute Gasteiger partial charge is 0.490 e. The molecule has 2 aromatic carbocycles. The van der Waals surface area contributed by atoms with E-state index in [1.54, 1.807) is 12.1 Å². The minimum atomic E-state index is -5.08. The highest BCUT2D eigenvalue weighted by atomic mass is 19.4. The fourth-order valence-electron chi connectivity index (χ4n) is 12.5. The molecule has 6 rings (SSSR count). The van der Waals surface area contributed by atoms with Gasteiger partial charge < -0.3 is 41.7 Å². The molecule has 0 unspecified atom stereocenters. The van der Waals surface area contributed by atoms with Crippen molar-refractivity contribution in [2.45, 2.75) is 179 Å². The molecule has 2 fully saturated rings. The highest BCUT2D eigenvalue weighted by Gasteiger charge is 2.56. The van der Waals surface area contributed by atoms with Crippen molar-refractivity contribution in [3.8, 4) is 11.5 Å². The SMILES string of the molecule is C[C@]1(C(=O)NCCCNCCCCCCCCCCNCCCNC(=O)[C@@]2(C)CCC[C@]3(C)c4cc(O)ccc4CC[C@@H]23)CCC[C@]2(C)c3cc(O)ccc3CC[C@@H]12.O=C(O)C(F)(F)F.O=C(O)C(F)(F)F. The number of hydrogen-bond donors (Lipinski definition) is 8. The molecule has 0 radical (unpaired) electrons. The molecule has 6 atom stereocenters. The van der Waals surface area contributed by atoms with E-state index in [1.165, 1.54) is 73.6 Å². The van der Waals surface area contributed by atoms with Crippen LogP contribution < -0.4 is 21.3 Å². The molecule has 0 heterocycles. The molecule has 72 heavy (non-hydrogen) atoms. The number of rotatable bonds is 21. The monoisotopic (exact) mass is 1030 g/mol. The molecule has 0 bridgehead atoms. The number of unbranched alkanes of at least 4 members (excludes halogenated alkanes) is 7. The number of hydrogen-bond acceptors (Lipinski definition) is 8. The minimum Gasteiger partial charge on any atom is -0.508 e. The van der Waals surface area contributed by atoms with E-state index in [4.69, 9.17) is 19.8 Å². The van der Waals surface area contributed by atoms with E-state index in [9.17, 15) is 46.1 Å². The summed E-state index contributed by atoms with van der Waals surface area (Å²) < 4.78 is 63.5. The second-order valence-corrected chi connectivity index (χ2v) is 21.4. The predicted molar refractivity (Wildman–Crippen MR) is 264 cm³/mol. The van der Waals surface area contributed by atoms with E-state index in [2.05, 4.69) is 61.1 Å². The van der Waals surface area contributed by atoms with Crippen molar-refractivity contribution in [2.24, 2.45) is 22.7 Å². The summed E-state index contributed by atoms with van der Waals surface area (Å²) in [6, 6.07) is 11.7. The maximum absolute atomic E-state index is 13.6. The number of halogens is 6. The first-order valence-electron chi connectivity index (χ1n) is 26.0. The van der Waals surface area contributed by atoms with Gasteiger partial charge in [0.15, 0.2) is 0 Å². The Morgan fingerprint density at radius 1 is 0.514 bits per heavy atom. The number of phenolic OH excluding ortho intramolecular Hbond substituents is 2. The van der Waals surface area contributed by atoms with Gasteiger partial charge in [0.25, 0.3) is 0 Å². The Morgan fingerprint density at radius 2 is 0.833 bits per heavy atom. The number of benzene rings is 2. The van der Waals surface area contributed by atoms with Gasteiger partial charge in [0.1, 0.15) is 11.5 Å². The Morgan fingerprint density at radius 3 is 1.17 bits per heavy atom. The number of nitrogens with one attached hydrogen (secondary N) is 4. The number of carbonyl (C=O) groups is 4. The van der Waals surface area contributed by atoms with E-state index in [-0.39, 0.29) is 33.5 Å². The number of carboxylic acids is 2. The van der Waals surface area contributed by atoms with Crippen LogP contribution in [0.5, 0.6) is 11.5 Å². The molecule has 4 aliphatic carbocycles.